The molecule has 0 bridgehead atoms. The molecule has 118 valence electrons. The molecule has 0 saturated carbocycles. The van der Waals surface area contributed by atoms with Gasteiger partial charge >= 0.3 is 5.97 Å². The van der Waals surface area contributed by atoms with Crippen LogP contribution in [-0.2, 0) is 14.3 Å². The van der Waals surface area contributed by atoms with E-state index in [1.54, 1.807) is 27.7 Å². The van der Waals surface area contributed by atoms with Gasteiger partial charge in [-0.2, -0.15) is 0 Å². The van der Waals surface area contributed by atoms with Gasteiger partial charge in [0.1, 0.15) is 0 Å². The largest absolute Gasteiger partial charge is 0.477 e. The van der Waals surface area contributed by atoms with Crippen molar-refractivity contribution in [2.24, 2.45) is 11.8 Å². The zero-order chi connectivity index (χ0) is 15.7. The van der Waals surface area contributed by atoms with E-state index in [1.165, 1.54) is 0 Å². The van der Waals surface area contributed by atoms with E-state index in [1.807, 2.05) is 0 Å². The minimum absolute atomic E-state index is 0.134. The molecule has 1 saturated heterocycles. The molecule has 8 atom stereocenters. The molecule has 1 heterocycles. The van der Waals surface area contributed by atoms with E-state index < -0.39 is 35.9 Å². The van der Waals surface area contributed by atoms with Crippen LogP contribution in [0.2, 0.25) is 0 Å². The number of hydrogen-bond acceptors (Lipinski definition) is 5. The summed E-state index contributed by atoms with van der Waals surface area (Å²) in [5, 5.41) is 29.3. The highest BCUT2D eigenvalue weighted by molar-refractivity contribution is 7.17. The molecule has 0 amide bonds. The Hall–Kier alpha value is -0.260. The van der Waals surface area contributed by atoms with Gasteiger partial charge in [0.15, 0.2) is 0 Å². The molecule has 1 aliphatic heterocycles. The first-order valence-electron chi connectivity index (χ1n) is 6.81. The number of aliphatic hydroxyl groups is 2. The normalized spacial score (nSPS) is 39.0. The fourth-order valence-electron chi connectivity index (χ4n) is 2.48. The summed E-state index contributed by atoms with van der Waals surface area (Å²) in [6.45, 7) is 6.84. The van der Waals surface area contributed by atoms with Crippen molar-refractivity contribution < 1.29 is 29.6 Å². The minimum Gasteiger partial charge on any atom is -0.477 e. The lowest BCUT2D eigenvalue weighted by atomic mass is 9.81. The fourth-order valence-corrected chi connectivity index (χ4v) is 2.70. The zero-order valence-electron chi connectivity index (χ0n) is 12.3. The van der Waals surface area contributed by atoms with Gasteiger partial charge in [-0.1, -0.05) is 13.8 Å². The van der Waals surface area contributed by atoms with Gasteiger partial charge in [0.25, 0.3) is 5.79 Å². The second kappa shape index (κ2) is 6.67. The first kappa shape index (κ1) is 17.8. The third-order valence-electron chi connectivity index (χ3n) is 3.91. The van der Waals surface area contributed by atoms with Crippen LogP contribution in [0.1, 0.15) is 34.1 Å². The van der Waals surface area contributed by atoms with Gasteiger partial charge in [-0.05, 0) is 13.8 Å². The van der Waals surface area contributed by atoms with Gasteiger partial charge in [0.05, 0.1) is 24.2 Å². The molecular weight excluding hydrogens is 283 g/mol. The van der Waals surface area contributed by atoms with Crippen molar-refractivity contribution in [2.75, 3.05) is 0 Å². The molecule has 20 heavy (non-hydrogen) atoms. The maximum absolute atomic E-state index is 11.6. The number of ether oxygens (including phenoxy) is 2. The molecule has 0 aliphatic carbocycles. The second-order valence-corrected chi connectivity index (χ2v) is 6.63. The van der Waals surface area contributed by atoms with Crippen LogP contribution >= 0.6 is 9.24 Å². The van der Waals surface area contributed by atoms with Crippen molar-refractivity contribution in [3.8, 4) is 0 Å². The lowest BCUT2D eigenvalue weighted by Gasteiger charge is -2.46. The highest BCUT2D eigenvalue weighted by Gasteiger charge is 2.53. The summed E-state index contributed by atoms with van der Waals surface area (Å²) < 4.78 is 11.1. The Kier molecular flexibility index (Phi) is 5.93. The molecule has 3 unspecified atom stereocenters. The van der Waals surface area contributed by atoms with Crippen LogP contribution in [0.5, 0.6) is 0 Å². The number of carboxylic acids is 1. The quantitative estimate of drug-likeness (QED) is 0.650. The Morgan fingerprint density at radius 2 is 2.00 bits per heavy atom. The Morgan fingerprint density at radius 1 is 1.45 bits per heavy atom. The van der Waals surface area contributed by atoms with E-state index in [9.17, 15) is 20.1 Å². The maximum Gasteiger partial charge on any atom is 0.364 e. The zero-order valence-corrected chi connectivity index (χ0v) is 13.5. The molecule has 1 aliphatic rings. The van der Waals surface area contributed by atoms with E-state index in [0.717, 1.165) is 0 Å². The second-order valence-electron chi connectivity index (χ2n) is 5.69. The predicted molar refractivity (Wildman–Crippen MR) is 76.1 cm³/mol. The Labute approximate surface area is 121 Å². The minimum atomic E-state index is -1.87. The lowest BCUT2D eigenvalue weighted by Crippen LogP contribution is -2.59. The SMILES string of the molecule is CC(P)O[C@@]1(C(=O)O)C[C@@H](O)[C@@H](C)C([C@H](C)[C@@H](C)O)O1. The molecule has 0 radical (unpaired) electrons. The van der Waals surface area contributed by atoms with E-state index in [2.05, 4.69) is 9.24 Å². The average molecular weight is 308 g/mol. The number of aliphatic hydroxyl groups excluding tert-OH is 2. The number of carboxylic acid groups (broad SMARTS) is 1. The van der Waals surface area contributed by atoms with Crippen molar-refractivity contribution in [3.63, 3.8) is 0 Å². The van der Waals surface area contributed by atoms with Crippen LogP contribution in [0.3, 0.4) is 0 Å². The summed E-state index contributed by atoms with van der Waals surface area (Å²) in [6.07, 6.45) is -2.27. The molecule has 1 rings (SSSR count). The van der Waals surface area contributed by atoms with E-state index in [-0.39, 0.29) is 18.3 Å². The van der Waals surface area contributed by atoms with E-state index in [0.29, 0.717) is 0 Å². The fraction of sp³-hybridized carbons (Fsp3) is 0.923. The number of aliphatic carboxylic acids is 1. The standard InChI is InChI=1S/C13H25O6P/c1-6(8(3)14)11-7(2)10(15)5-13(19-11,12(16)17)18-9(4)20/h6-11,14-15H,5,20H2,1-4H3,(H,16,17)/t6-,7-,8-,9?,10-,11?,13+/m1/s1. The van der Waals surface area contributed by atoms with E-state index in [4.69, 9.17) is 9.47 Å². The molecule has 0 aromatic carbocycles. The topological polar surface area (TPSA) is 96.2 Å². The number of hydrogen-bond donors (Lipinski definition) is 3. The summed E-state index contributed by atoms with van der Waals surface area (Å²) in [4.78, 5) is 11.6. The van der Waals surface area contributed by atoms with Gasteiger partial charge in [-0.25, -0.2) is 4.79 Å². The summed E-state index contributed by atoms with van der Waals surface area (Å²) in [5.74, 6) is -4.17. The molecule has 0 spiro atoms. The van der Waals surface area contributed by atoms with Gasteiger partial charge in [-0.15, -0.1) is 9.24 Å². The Morgan fingerprint density at radius 3 is 2.40 bits per heavy atom. The van der Waals surface area contributed by atoms with Crippen LogP contribution in [-0.4, -0.2) is 51.2 Å². The van der Waals surface area contributed by atoms with Crippen LogP contribution in [0, 0.1) is 11.8 Å². The highest BCUT2D eigenvalue weighted by Crippen LogP contribution is 2.39. The van der Waals surface area contributed by atoms with E-state index >= 15 is 0 Å². The molecule has 0 aromatic rings. The summed E-state index contributed by atoms with van der Waals surface area (Å²) in [6, 6.07) is 0. The van der Waals surface area contributed by atoms with Crippen LogP contribution in [0.25, 0.3) is 0 Å². The Balaban J connectivity index is 3.06. The third-order valence-corrected chi connectivity index (χ3v) is 4.05. The molecule has 7 heteroatoms. The summed E-state index contributed by atoms with van der Waals surface area (Å²) >= 11 is 0. The maximum atomic E-state index is 11.6. The molecular formula is C13H25O6P. The molecule has 1 fully saturated rings. The Bertz CT molecular complexity index is 344. The molecule has 6 nitrogen and oxygen atoms in total. The highest BCUT2D eigenvalue weighted by atomic mass is 31.0. The predicted octanol–water partition coefficient (Wildman–Crippen LogP) is 0.808. The monoisotopic (exact) mass is 308 g/mol. The van der Waals surface area contributed by atoms with Crippen molar-refractivity contribution in [1.29, 1.82) is 0 Å². The van der Waals surface area contributed by atoms with Gasteiger partial charge in [-0.3, -0.25) is 0 Å². The third kappa shape index (κ3) is 3.68. The van der Waals surface area contributed by atoms with Crippen LogP contribution in [0.15, 0.2) is 0 Å². The van der Waals surface area contributed by atoms with Crippen LogP contribution < -0.4 is 0 Å². The van der Waals surface area contributed by atoms with Crippen LogP contribution in [0.4, 0.5) is 0 Å². The summed E-state index contributed by atoms with van der Waals surface area (Å²) in [7, 11) is 2.35. The van der Waals surface area contributed by atoms with Crippen molar-refractivity contribution in [1.82, 2.24) is 0 Å². The van der Waals surface area contributed by atoms with Crippen molar-refractivity contribution >= 4 is 15.2 Å². The summed E-state index contributed by atoms with van der Waals surface area (Å²) in [5.41, 5.74) is 0. The van der Waals surface area contributed by atoms with Gasteiger partial charge in [0, 0.05) is 18.3 Å². The van der Waals surface area contributed by atoms with Gasteiger partial charge < -0.3 is 24.8 Å². The smallest absolute Gasteiger partial charge is 0.364 e. The number of carbonyl (C=O) groups is 1. The average Bonchev–Trinajstić information content (AvgIpc) is 2.31. The molecule has 0 aromatic heterocycles. The van der Waals surface area contributed by atoms with Gasteiger partial charge in [0.2, 0.25) is 0 Å². The molecule has 3 N–H and O–H groups in total. The number of rotatable bonds is 5. The van der Waals surface area contributed by atoms with Crippen molar-refractivity contribution in [2.45, 2.75) is 64.1 Å². The first-order chi connectivity index (χ1) is 9.10. The lowest BCUT2D eigenvalue weighted by molar-refractivity contribution is -0.313. The first-order valence-corrected chi connectivity index (χ1v) is 7.48. The van der Waals surface area contributed by atoms with Crippen molar-refractivity contribution in [3.05, 3.63) is 0 Å².